The molecular weight excluding hydrogens is 309 g/mol. The van der Waals surface area contributed by atoms with E-state index in [0.29, 0.717) is 6.04 Å². The zero-order valence-corrected chi connectivity index (χ0v) is 13.3. The summed E-state index contributed by atoms with van der Waals surface area (Å²) in [6.07, 6.45) is 2.86. The lowest BCUT2D eigenvalue weighted by Crippen LogP contribution is -2.33. The highest BCUT2D eigenvalue weighted by atomic mass is 79.9. The number of hydrogen-bond donors (Lipinski definition) is 1. The Balaban J connectivity index is 2.58. The molecule has 1 atom stereocenters. The van der Waals surface area contributed by atoms with Crippen molar-refractivity contribution < 1.29 is 9.13 Å². The van der Waals surface area contributed by atoms with E-state index in [-0.39, 0.29) is 5.82 Å². The Hall–Kier alpha value is -0.450. The zero-order chi connectivity index (χ0) is 14.1. The van der Waals surface area contributed by atoms with Crippen molar-refractivity contribution in [3.05, 3.63) is 34.1 Å². The van der Waals surface area contributed by atoms with E-state index in [1.165, 1.54) is 6.07 Å². The fourth-order valence-corrected chi connectivity index (χ4v) is 2.52. The Bertz CT molecular complexity index is 353. The maximum Gasteiger partial charge on any atom is 0.124 e. The number of halogens is 2. The van der Waals surface area contributed by atoms with E-state index in [4.69, 9.17) is 4.74 Å². The van der Waals surface area contributed by atoms with Crippen LogP contribution in [0.4, 0.5) is 4.39 Å². The summed E-state index contributed by atoms with van der Waals surface area (Å²) in [6.45, 7) is 6.61. The first kappa shape index (κ1) is 16.6. The molecule has 0 saturated carbocycles. The van der Waals surface area contributed by atoms with Crippen LogP contribution in [0.3, 0.4) is 0 Å². The van der Waals surface area contributed by atoms with Crippen LogP contribution in [0.25, 0.3) is 0 Å². The lowest BCUT2D eigenvalue weighted by molar-refractivity contribution is 0.136. The molecule has 0 bridgehead atoms. The Morgan fingerprint density at radius 3 is 2.74 bits per heavy atom. The second-order valence-electron chi connectivity index (χ2n) is 4.62. The van der Waals surface area contributed by atoms with Gasteiger partial charge in [-0.15, -0.1) is 0 Å². The van der Waals surface area contributed by atoms with Crippen LogP contribution in [-0.2, 0) is 11.2 Å². The number of ether oxygens (including phenoxy) is 1. The molecule has 0 aliphatic heterocycles. The first-order valence-electron chi connectivity index (χ1n) is 6.91. The van der Waals surface area contributed by atoms with Crippen LogP contribution in [0.1, 0.15) is 32.3 Å². The lowest BCUT2D eigenvalue weighted by Gasteiger charge is -2.18. The Labute approximate surface area is 123 Å². The molecule has 0 radical (unpaired) electrons. The van der Waals surface area contributed by atoms with Gasteiger partial charge in [-0.25, -0.2) is 4.39 Å². The molecule has 0 amide bonds. The Morgan fingerprint density at radius 2 is 2.11 bits per heavy atom. The van der Waals surface area contributed by atoms with Crippen molar-refractivity contribution >= 4 is 15.9 Å². The third kappa shape index (κ3) is 7.04. The fraction of sp³-hybridized carbons (Fsp3) is 0.600. The molecule has 0 fully saturated rings. The van der Waals surface area contributed by atoms with Gasteiger partial charge in [0.05, 0.1) is 0 Å². The normalized spacial score (nSPS) is 12.6. The summed E-state index contributed by atoms with van der Waals surface area (Å²) >= 11 is 3.33. The minimum absolute atomic E-state index is 0.191. The van der Waals surface area contributed by atoms with Crippen LogP contribution in [0, 0.1) is 5.82 Å². The predicted octanol–water partition coefficient (Wildman–Crippen LogP) is 3.93. The quantitative estimate of drug-likeness (QED) is 0.692. The molecular formula is C15H23BrFNO. The van der Waals surface area contributed by atoms with Gasteiger partial charge in [-0.1, -0.05) is 22.9 Å². The van der Waals surface area contributed by atoms with Gasteiger partial charge >= 0.3 is 0 Å². The van der Waals surface area contributed by atoms with Crippen molar-refractivity contribution in [1.82, 2.24) is 5.32 Å². The van der Waals surface area contributed by atoms with E-state index < -0.39 is 0 Å². The van der Waals surface area contributed by atoms with E-state index in [9.17, 15) is 4.39 Å². The maximum absolute atomic E-state index is 13.4. The topological polar surface area (TPSA) is 21.3 Å². The van der Waals surface area contributed by atoms with Gasteiger partial charge in [-0.3, -0.25) is 0 Å². The minimum Gasteiger partial charge on any atom is -0.382 e. The van der Waals surface area contributed by atoms with E-state index in [0.717, 1.165) is 49.1 Å². The molecule has 4 heteroatoms. The van der Waals surface area contributed by atoms with Crippen LogP contribution in [0.5, 0.6) is 0 Å². The molecule has 0 aliphatic carbocycles. The average Bonchev–Trinajstić information content (AvgIpc) is 2.34. The minimum atomic E-state index is -0.191. The van der Waals surface area contributed by atoms with Gasteiger partial charge in [0.15, 0.2) is 0 Å². The summed E-state index contributed by atoms with van der Waals surface area (Å²) in [7, 11) is 0. The molecule has 0 heterocycles. The van der Waals surface area contributed by atoms with Gasteiger partial charge < -0.3 is 10.1 Å². The van der Waals surface area contributed by atoms with Gasteiger partial charge in [0.25, 0.3) is 0 Å². The van der Waals surface area contributed by atoms with Gasteiger partial charge in [0.1, 0.15) is 5.82 Å². The average molecular weight is 332 g/mol. The van der Waals surface area contributed by atoms with Gasteiger partial charge in [-0.2, -0.15) is 0 Å². The van der Waals surface area contributed by atoms with E-state index in [2.05, 4.69) is 28.2 Å². The summed E-state index contributed by atoms with van der Waals surface area (Å²) in [5.74, 6) is -0.191. The fourth-order valence-electron chi connectivity index (χ4n) is 2.01. The Morgan fingerprint density at radius 1 is 1.32 bits per heavy atom. The summed E-state index contributed by atoms with van der Waals surface area (Å²) in [6, 6.07) is 5.40. The first-order chi connectivity index (χ1) is 9.15. The molecule has 1 rings (SSSR count). The van der Waals surface area contributed by atoms with Crippen molar-refractivity contribution in [1.29, 1.82) is 0 Å². The number of benzene rings is 1. The second-order valence-corrected chi connectivity index (χ2v) is 5.53. The van der Waals surface area contributed by atoms with E-state index in [1.54, 1.807) is 6.07 Å². The molecule has 0 spiro atoms. The maximum atomic E-state index is 13.4. The standard InChI is InChI=1S/C15H23BrFNO/c1-3-6-18-15(5-7-19-4-2)10-12-8-13(16)11-14(17)9-12/h8-9,11,15,18H,3-7,10H2,1-2H3. The summed E-state index contributed by atoms with van der Waals surface area (Å²) in [5.41, 5.74) is 1.01. The summed E-state index contributed by atoms with van der Waals surface area (Å²) in [4.78, 5) is 0. The van der Waals surface area contributed by atoms with Crippen molar-refractivity contribution in [2.24, 2.45) is 0 Å². The van der Waals surface area contributed by atoms with Crippen molar-refractivity contribution in [3.8, 4) is 0 Å². The molecule has 1 N–H and O–H groups in total. The third-order valence-electron chi connectivity index (χ3n) is 2.90. The van der Waals surface area contributed by atoms with Crippen LogP contribution in [-0.4, -0.2) is 25.8 Å². The highest BCUT2D eigenvalue weighted by molar-refractivity contribution is 9.10. The van der Waals surface area contributed by atoms with Gasteiger partial charge in [-0.05, 0) is 56.5 Å². The number of nitrogens with one attached hydrogen (secondary N) is 1. The highest BCUT2D eigenvalue weighted by Gasteiger charge is 2.10. The summed E-state index contributed by atoms with van der Waals surface area (Å²) < 4.78 is 19.6. The third-order valence-corrected chi connectivity index (χ3v) is 3.36. The molecule has 1 unspecified atom stereocenters. The molecule has 1 aromatic rings. The van der Waals surface area contributed by atoms with Crippen molar-refractivity contribution in [2.45, 2.75) is 39.2 Å². The van der Waals surface area contributed by atoms with Crippen LogP contribution in [0.15, 0.2) is 22.7 Å². The Kier molecular flexibility index (Phi) is 8.26. The molecule has 0 aliphatic rings. The van der Waals surface area contributed by atoms with Crippen LogP contribution >= 0.6 is 15.9 Å². The van der Waals surface area contributed by atoms with Crippen molar-refractivity contribution in [2.75, 3.05) is 19.8 Å². The van der Waals surface area contributed by atoms with Crippen LogP contribution < -0.4 is 5.32 Å². The first-order valence-corrected chi connectivity index (χ1v) is 7.71. The molecule has 0 saturated heterocycles. The molecule has 1 aromatic carbocycles. The molecule has 108 valence electrons. The predicted molar refractivity (Wildman–Crippen MR) is 81.0 cm³/mol. The van der Waals surface area contributed by atoms with E-state index >= 15 is 0 Å². The molecule has 19 heavy (non-hydrogen) atoms. The van der Waals surface area contributed by atoms with Crippen LogP contribution in [0.2, 0.25) is 0 Å². The molecule has 2 nitrogen and oxygen atoms in total. The SMILES string of the molecule is CCCNC(CCOCC)Cc1cc(F)cc(Br)c1. The summed E-state index contributed by atoms with van der Waals surface area (Å²) in [5, 5.41) is 3.50. The smallest absolute Gasteiger partial charge is 0.124 e. The van der Waals surface area contributed by atoms with E-state index in [1.807, 2.05) is 13.0 Å². The zero-order valence-electron chi connectivity index (χ0n) is 11.7. The second kappa shape index (κ2) is 9.45. The van der Waals surface area contributed by atoms with Gasteiger partial charge in [0.2, 0.25) is 0 Å². The number of hydrogen-bond acceptors (Lipinski definition) is 2. The largest absolute Gasteiger partial charge is 0.382 e. The van der Waals surface area contributed by atoms with Gasteiger partial charge in [0, 0.05) is 23.7 Å². The monoisotopic (exact) mass is 331 g/mol. The van der Waals surface area contributed by atoms with Crippen molar-refractivity contribution in [3.63, 3.8) is 0 Å². The molecule has 0 aromatic heterocycles. The highest BCUT2D eigenvalue weighted by Crippen LogP contribution is 2.17. The number of rotatable bonds is 9. The lowest BCUT2D eigenvalue weighted by atomic mass is 10.0.